The average molecular weight is 1760 g/mol. The van der Waals surface area contributed by atoms with Gasteiger partial charge in [-0.15, -0.1) is 0 Å². The van der Waals surface area contributed by atoms with Crippen LogP contribution in [-0.4, -0.2) is 92.5 Å². The van der Waals surface area contributed by atoms with E-state index in [4.69, 9.17) is 47.4 Å². The minimum Gasteiger partial charge on any atom is -0.497 e. The Kier molecular flexibility index (Phi) is 68.6. The third kappa shape index (κ3) is 64.1. The fourth-order valence-corrected chi connectivity index (χ4v) is 18.7. The van der Waals surface area contributed by atoms with Crippen molar-refractivity contribution in [3.63, 3.8) is 0 Å². The molecule has 0 aliphatic heterocycles. The third-order valence-corrected chi connectivity index (χ3v) is 28.4. The topological polar surface area (TPSA) is 92.3 Å². The number of hydrogen-bond donors (Lipinski definition) is 0. The van der Waals surface area contributed by atoms with Crippen LogP contribution in [0.5, 0.6) is 11.5 Å². The van der Waals surface area contributed by atoms with E-state index < -0.39 is 0 Å². The summed E-state index contributed by atoms with van der Waals surface area (Å²) >= 11 is 0. The van der Waals surface area contributed by atoms with Crippen LogP contribution in [0, 0.1) is 94.7 Å². The van der Waals surface area contributed by atoms with Crippen molar-refractivity contribution in [2.24, 2.45) is 94.7 Å². The zero-order valence-electron chi connectivity index (χ0n) is 85.5. The SMILES string of the molecule is COc1ccc(COC[C@@H](C)CCC[C@@H](C)CCC[C@@H](C)CCC[C@@H](C)CCO[C@@H](COCC[C@H](C)CCC[C@H](C)CCC[C@H](C)CCC[C@H](C)CC[C@@H](C)CCC[C@@H](C)CCC[C@@H](C)CCC[C@@H](C)CCOC[C@@H](COCc2ccccc2)OCC[C@H](C)CCC[C@H](C)CCC[C@H](C)CCC[C@H](C)COCc2ccc(OC)cc2)COCc2ccccc2)cc1. The quantitative estimate of drug-likeness (QED) is 0.0398. The fraction of sp³-hybridized carbons (Fsp3) is 0.793. The van der Waals surface area contributed by atoms with Gasteiger partial charge < -0.3 is 47.4 Å². The Morgan fingerprint density at radius 2 is 0.357 bits per heavy atom. The zero-order valence-corrected chi connectivity index (χ0v) is 85.5. The first kappa shape index (κ1) is 114. The lowest BCUT2D eigenvalue weighted by atomic mass is 9.88. The summed E-state index contributed by atoms with van der Waals surface area (Å²) in [7, 11) is 3.42. The van der Waals surface area contributed by atoms with Crippen molar-refractivity contribution in [3.05, 3.63) is 131 Å². The van der Waals surface area contributed by atoms with Crippen LogP contribution in [0.15, 0.2) is 109 Å². The van der Waals surface area contributed by atoms with Gasteiger partial charge in [0, 0.05) is 39.6 Å². The number of methoxy groups -OCH3 is 2. The van der Waals surface area contributed by atoms with Crippen LogP contribution in [-0.2, 0) is 64.3 Å². The summed E-state index contributed by atoms with van der Waals surface area (Å²) in [6, 6.07) is 37.4. The monoisotopic (exact) mass is 1760 g/mol. The molecule has 4 aromatic carbocycles. The van der Waals surface area contributed by atoms with Crippen LogP contribution in [0.3, 0.4) is 0 Å². The summed E-state index contributed by atoms with van der Waals surface area (Å²) in [5, 5.41) is 0. The van der Waals surface area contributed by atoms with Gasteiger partial charge in [-0.05, 0) is 180 Å². The minimum atomic E-state index is -0.0390. The molecule has 4 rings (SSSR count). The highest BCUT2D eigenvalue weighted by molar-refractivity contribution is 5.27. The van der Waals surface area contributed by atoms with Crippen molar-refractivity contribution in [1.82, 2.24) is 0 Å². The first-order valence-corrected chi connectivity index (χ1v) is 53.1. The maximum Gasteiger partial charge on any atom is 0.118 e. The summed E-state index contributed by atoms with van der Waals surface area (Å²) in [6.45, 7) is 49.0. The molecule has 726 valence electrons. The van der Waals surface area contributed by atoms with Gasteiger partial charge in [-0.25, -0.2) is 0 Å². The molecule has 0 radical (unpaired) electrons. The van der Waals surface area contributed by atoms with Gasteiger partial charge in [-0.2, -0.15) is 0 Å². The summed E-state index contributed by atoms with van der Waals surface area (Å²) in [5.41, 5.74) is 4.81. The fourth-order valence-electron chi connectivity index (χ4n) is 18.7. The molecule has 0 spiro atoms. The summed E-state index contributed by atoms with van der Waals surface area (Å²) in [6.07, 6.45) is 55.6. The van der Waals surface area contributed by atoms with E-state index in [1.807, 2.05) is 24.3 Å². The minimum absolute atomic E-state index is 0.0390. The Morgan fingerprint density at radius 1 is 0.175 bits per heavy atom. The van der Waals surface area contributed by atoms with Crippen molar-refractivity contribution in [3.8, 4) is 11.5 Å². The lowest BCUT2D eigenvalue weighted by molar-refractivity contribution is -0.0670. The standard InChI is InChI=1S/C116H202O10/c1-93(37-25-39-95(3)47-31-55-103(11)75-79-119-89-115(91-123-85-109-61-21-19-22-62-109)125-81-77-105(13)57-33-49-97(5)41-27-43-99(7)51-35-59-107(15)83-121-87-111-67-71-113(117-17)72-68-111)45-29-53-101(9)65-66-102(10)54-30-46-94(2)38-26-40-96(4)48-32-56-104(12)76-80-120-90-116(92-124-86-110-63-23-20-24-64-110)126-82-78-106(14)58-34-50-98(6)42-28-44-100(8)52-36-60-108(16)84-122-88-112-69-73-114(118-18)74-70-112/h19-24,61-64,67-74,93-108,115-116H,25-60,65-66,75-92H2,1-18H3/t93-,94-,95+,96+,97+,98+,99-,100-,101-,102-,103+,104+,105+,106+,107-,108-,115-,116-/m0/s1. The van der Waals surface area contributed by atoms with Gasteiger partial charge in [0.05, 0.1) is 67.1 Å². The molecule has 0 heterocycles. The summed E-state index contributed by atoms with van der Waals surface area (Å²) in [4.78, 5) is 0. The van der Waals surface area contributed by atoms with Crippen LogP contribution >= 0.6 is 0 Å². The zero-order chi connectivity index (χ0) is 91.3. The number of rotatable bonds is 87. The van der Waals surface area contributed by atoms with Crippen LogP contribution < -0.4 is 9.47 Å². The maximum absolute atomic E-state index is 6.53. The van der Waals surface area contributed by atoms with Crippen molar-refractivity contribution in [2.75, 3.05) is 80.3 Å². The highest BCUT2D eigenvalue weighted by Crippen LogP contribution is 2.31. The Bertz CT molecular complexity index is 2800. The predicted octanol–water partition coefficient (Wildman–Crippen LogP) is 33.2. The third-order valence-electron chi connectivity index (χ3n) is 28.4. The molecule has 4 aromatic rings. The van der Waals surface area contributed by atoms with Gasteiger partial charge in [0.1, 0.15) is 23.7 Å². The van der Waals surface area contributed by atoms with E-state index in [2.05, 4.69) is 196 Å². The molecule has 0 aliphatic carbocycles. The smallest absolute Gasteiger partial charge is 0.118 e. The molecule has 18 atom stereocenters. The van der Waals surface area contributed by atoms with Crippen LogP contribution in [0.4, 0.5) is 0 Å². The van der Waals surface area contributed by atoms with Crippen molar-refractivity contribution < 1.29 is 47.4 Å². The lowest BCUT2D eigenvalue weighted by Gasteiger charge is -2.21. The number of ether oxygens (including phenoxy) is 10. The van der Waals surface area contributed by atoms with Crippen LogP contribution in [0.1, 0.15) is 403 Å². The highest BCUT2D eigenvalue weighted by Gasteiger charge is 2.20. The molecule has 10 nitrogen and oxygen atoms in total. The van der Waals surface area contributed by atoms with Crippen LogP contribution in [0.2, 0.25) is 0 Å². The average Bonchev–Trinajstić information content (AvgIpc) is 0.877. The van der Waals surface area contributed by atoms with Crippen molar-refractivity contribution in [2.45, 2.75) is 419 Å². The van der Waals surface area contributed by atoms with Gasteiger partial charge in [0.2, 0.25) is 0 Å². The Labute approximate surface area is 779 Å². The van der Waals surface area contributed by atoms with Crippen molar-refractivity contribution >= 4 is 0 Å². The molecule has 0 bridgehead atoms. The van der Waals surface area contributed by atoms with Crippen molar-refractivity contribution in [1.29, 1.82) is 0 Å². The van der Waals surface area contributed by atoms with E-state index >= 15 is 0 Å². The molecule has 0 aromatic heterocycles. The number of hydrogen-bond acceptors (Lipinski definition) is 10. The molecule has 0 N–H and O–H groups in total. The molecule has 126 heavy (non-hydrogen) atoms. The second kappa shape index (κ2) is 75.6. The Hall–Kier alpha value is -3.84. The Morgan fingerprint density at radius 3 is 0.587 bits per heavy atom. The molecule has 10 heteroatoms. The second-order valence-electron chi connectivity index (χ2n) is 42.4. The van der Waals surface area contributed by atoms with E-state index in [0.717, 1.165) is 136 Å². The van der Waals surface area contributed by atoms with E-state index in [1.165, 1.54) is 266 Å². The van der Waals surface area contributed by atoms with Gasteiger partial charge in [-0.3, -0.25) is 0 Å². The lowest BCUT2D eigenvalue weighted by Crippen LogP contribution is -2.27. The second-order valence-corrected chi connectivity index (χ2v) is 42.4. The maximum atomic E-state index is 6.53. The van der Waals surface area contributed by atoms with E-state index in [0.29, 0.717) is 88.4 Å². The Balaban J connectivity index is 0.930. The van der Waals surface area contributed by atoms with E-state index in [9.17, 15) is 0 Å². The molecule has 0 unspecified atom stereocenters. The van der Waals surface area contributed by atoms with Crippen LogP contribution in [0.25, 0.3) is 0 Å². The first-order chi connectivity index (χ1) is 61.0. The van der Waals surface area contributed by atoms with Gasteiger partial charge in [0.25, 0.3) is 0 Å². The number of benzene rings is 4. The van der Waals surface area contributed by atoms with Gasteiger partial charge in [-0.1, -0.05) is 427 Å². The van der Waals surface area contributed by atoms with E-state index in [1.54, 1.807) is 14.2 Å². The van der Waals surface area contributed by atoms with Gasteiger partial charge in [0.15, 0.2) is 0 Å². The molecule has 0 amide bonds. The summed E-state index contributed by atoms with van der Waals surface area (Å²) < 4.78 is 60.9. The molecular weight excluding hydrogens is 1550 g/mol. The predicted molar refractivity (Wildman–Crippen MR) is 539 cm³/mol. The molecular formula is C116H202O10. The molecule has 0 aliphatic rings. The van der Waals surface area contributed by atoms with Gasteiger partial charge >= 0.3 is 0 Å². The molecule has 0 saturated heterocycles. The largest absolute Gasteiger partial charge is 0.497 e. The summed E-state index contributed by atoms with van der Waals surface area (Å²) in [5.74, 6) is 13.9. The molecule has 0 fully saturated rings. The first-order valence-electron chi connectivity index (χ1n) is 53.1. The normalized spacial score (nSPS) is 16.4. The molecule has 0 saturated carbocycles. The van der Waals surface area contributed by atoms with E-state index in [-0.39, 0.29) is 12.2 Å². The highest BCUT2D eigenvalue weighted by atomic mass is 16.6.